The van der Waals surface area contributed by atoms with E-state index in [-0.39, 0.29) is 29.0 Å². The Hall–Kier alpha value is -3.40. The molecule has 0 aromatic heterocycles. The van der Waals surface area contributed by atoms with Crippen LogP contribution in [-0.2, 0) is 9.59 Å². The van der Waals surface area contributed by atoms with Gasteiger partial charge in [0.2, 0.25) is 23.1 Å². The van der Waals surface area contributed by atoms with Crippen LogP contribution in [0.2, 0.25) is 0 Å². The van der Waals surface area contributed by atoms with Crippen molar-refractivity contribution in [2.24, 2.45) is 11.8 Å². The van der Waals surface area contributed by atoms with E-state index in [9.17, 15) is 9.59 Å². The van der Waals surface area contributed by atoms with E-state index in [0.29, 0.717) is 17.1 Å². The van der Waals surface area contributed by atoms with E-state index in [1.54, 1.807) is 54.6 Å². The summed E-state index contributed by atoms with van der Waals surface area (Å²) in [4.78, 5) is 26.4. The average molecular weight is 358 g/mol. The fraction of sp³-hybridized carbons (Fsp3) is 0.130. The second-order valence-electron chi connectivity index (χ2n) is 6.53. The van der Waals surface area contributed by atoms with Gasteiger partial charge in [0.05, 0.1) is 5.92 Å². The maximum absolute atomic E-state index is 13.2. The normalized spacial score (nSPS) is 21.6. The van der Waals surface area contributed by atoms with E-state index >= 15 is 0 Å². The lowest BCUT2D eigenvalue weighted by Crippen LogP contribution is -2.38. The lowest BCUT2D eigenvalue weighted by atomic mass is 9.74. The first-order valence-electron chi connectivity index (χ1n) is 8.82. The quantitative estimate of drug-likeness (QED) is 0.820. The summed E-state index contributed by atoms with van der Waals surface area (Å²) in [6, 6.07) is 17.9. The molecule has 0 spiro atoms. The molecule has 0 amide bonds. The Kier molecular flexibility index (Phi) is 4.47. The van der Waals surface area contributed by atoms with Gasteiger partial charge >= 0.3 is 0 Å². The Balaban J connectivity index is 1.81. The second kappa shape index (κ2) is 7.08. The molecule has 2 aromatic rings. The van der Waals surface area contributed by atoms with Gasteiger partial charge in [0.25, 0.3) is 0 Å². The number of carbonyl (C=O) groups excluding carboxylic acids is 2. The molecule has 0 bridgehead atoms. The third-order valence-corrected chi connectivity index (χ3v) is 4.66. The van der Waals surface area contributed by atoms with Crippen LogP contribution in [0, 0.1) is 11.8 Å². The number of ketones is 2. The smallest absolute Gasteiger partial charge is 0.229 e. The Bertz CT molecular complexity index is 968. The number of allylic oxidation sites excluding steroid dienone is 5. The van der Waals surface area contributed by atoms with Gasteiger partial charge < -0.3 is 9.47 Å². The highest BCUT2D eigenvalue weighted by Gasteiger charge is 2.44. The Morgan fingerprint density at radius 2 is 1.33 bits per heavy atom. The monoisotopic (exact) mass is 358 g/mol. The maximum atomic E-state index is 13.2. The van der Waals surface area contributed by atoms with E-state index in [2.05, 4.69) is 0 Å². The largest absolute Gasteiger partial charge is 0.449 e. The molecule has 0 fully saturated rings. The SMILES string of the molecule is CC1C=CC=C2C(=O)C(Oc3ccccc3)=C(Oc3ccccc3)C(=O)C21. The van der Waals surface area contributed by atoms with Crippen molar-refractivity contribution < 1.29 is 19.1 Å². The van der Waals surface area contributed by atoms with Crippen LogP contribution in [0.4, 0.5) is 0 Å². The summed E-state index contributed by atoms with van der Waals surface area (Å²) >= 11 is 0. The van der Waals surface area contributed by atoms with Crippen LogP contribution < -0.4 is 9.47 Å². The van der Waals surface area contributed by atoms with Crippen molar-refractivity contribution in [3.05, 3.63) is 96.0 Å². The van der Waals surface area contributed by atoms with E-state index in [0.717, 1.165) is 0 Å². The summed E-state index contributed by atoms with van der Waals surface area (Å²) in [5.41, 5.74) is 0.446. The average Bonchev–Trinajstić information content (AvgIpc) is 2.70. The number of fused-ring (bicyclic) bond motifs is 1. The van der Waals surface area contributed by atoms with Crippen molar-refractivity contribution in [1.29, 1.82) is 0 Å². The molecule has 0 heterocycles. The number of hydrogen-bond donors (Lipinski definition) is 0. The summed E-state index contributed by atoms with van der Waals surface area (Å²) in [7, 11) is 0. The molecular formula is C23H18O4. The van der Waals surface area contributed by atoms with Gasteiger partial charge in [0.1, 0.15) is 11.5 Å². The van der Waals surface area contributed by atoms with Crippen molar-refractivity contribution in [2.75, 3.05) is 0 Å². The zero-order chi connectivity index (χ0) is 18.8. The second-order valence-corrected chi connectivity index (χ2v) is 6.53. The third kappa shape index (κ3) is 3.22. The number of para-hydroxylation sites is 2. The van der Waals surface area contributed by atoms with Gasteiger partial charge in [-0.15, -0.1) is 0 Å². The summed E-state index contributed by atoms with van der Waals surface area (Å²) < 4.78 is 11.7. The fourth-order valence-corrected chi connectivity index (χ4v) is 3.32. The van der Waals surface area contributed by atoms with E-state index in [1.165, 1.54) is 0 Å². The number of carbonyl (C=O) groups is 2. The standard InChI is InChI=1S/C23H18O4/c1-15-9-8-14-18-19(15)21(25)23(27-17-12-6-3-7-13-17)22(20(18)24)26-16-10-4-2-5-11-16/h2-15,19H,1H3. The van der Waals surface area contributed by atoms with Crippen molar-refractivity contribution >= 4 is 11.6 Å². The molecule has 2 unspecified atom stereocenters. The van der Waals surface area contributed by atoms with Crippen LogP contribution in [0.5, 0.6) is 11.5 Å². The molecule has 2 aliphatic carbocycles. The molecule has 4 nitrogen and oxygen atoms in total. The number of hydrogen-bond acceptors (Lipinski definition) is 4. The molecule has 134 valence electrons. The van der Waals surface area contributed by atoms with E-state index < -0.39 is 5.92 Å². The van der Waals surface area contributed by atoms with Crippen molar-refractivity contribution in [2.45, 2.75) is 6.92 Å². The van der Waals surface area contributed by atoms with Gasteiger partial charge in [0.15, 0.2) is 0 Å². The van der Waals surface area contributed by atoms with Gasteiger partial charge in [-0.3, -0.25) is 9.59 Å². The van der Waals surface area contributed by atoms with Crippen LogP contribution in [-0.4, -0.2) is 11.6 Å². The zero-order valence-corrected chi connectivity index (χ0v) is 14.8. The Morgan fingerprint density at radius 3 is 1.93 bits per heavy atom. The van der Waals surface area contributed by atoms with Gasteiger partial charge in [-0.2, -0.15) is 0 Å². The number of ether oxygens (including phenoxy) is 2. The molecule has 0 radical (unpaired) electrons. The van der Waals surface area contributed by atoms with Crippen LogP contribution in [0.1, 0.15) is 6.92 Å². The number of rotatable bonds is 4. The van der Waals surface area contributed by atoms with Crippen molar-refractivity contribution in [3.8, 4) is 11.5 Å². The first-order valence-corrected chi connectivity index (χ1v) is 8.82. The highest BCUT2D eigenvalue weighted by molar-refractivity contribution is 6.20. The van der Waals surface area contributed by atoms with Crippen molar-refractivity contribution in [1.82, 2.24) is 0 Å². The minimum atomic E-state index is -0.552. The summed E-state index contributed by atoms with van der Waals surface area (Å²) in [5, 5.41) is 0. The molecule has 2 aromatic carbocycles. The van der Waals surface area contributed by atoms with Crippen molar-refractivity contribution in [3.63, 3.8) is 0 Å². The Morgan fingerprint density at radius 1 is 0.778 bits per heavy atom. The zero-order valence-electron chi connectivity index (χ0n) is 14.8. The lowest BCUT2D eigenvalue weighted by molar-refractivity contribution is -0.126. The Labute approximate surface area is 157 Å². The topological polar surface area (TPSA) is 52.6 Å². The van der Waals surface area contributed by atoms with Crippen LogP contribution in [0.3, 0.4) is 0 Å². The number of Topliss-reactive ketones (excluding diaryl/α,β-unsaturated/α-hetero) is 2. The van der Waals surface area contributed by atoms with E-state index in [1.807, 2.05) is 31.2 Å². The summed E-state index contributed by atoms with van der Waals surface area (Å²) in [5.74, 6) is -0.355. The predicted molar refractivity (Wildman–Crippen MR) is 101 cm³/mol. The minimum Gasteiger partial charge on any atom is -0.449 e. The predicted octanol–water partition coefficient (Wildman–Crippen LogP) is 4.26. The van der Waals surface area contributed by atoms with Crippen LogP contribution in [0.15, 0.2) is 96.0 Å². The minimum absolute atomic E-state index is 0.0423. The lowest BCUT2D eigenvalue weighted by Gasteiger charge is -2.31. The molecule has 2 atom stereocenters. The molecule has 27 heavy (non-hydrogen) atoms. The highest BCUT2D eigenvalue weighted by Crippen LogP contribution is 2.37. The van der Waals surface area contributed by atoms with Gasteiger partial charge in [0, 0.05) is 5.57 Å². The molecule has 0 N–H and O–H groups in total. The van der Waals surface area contributed by atoms with E-state index in [4.69, 9.17) is 9.47 Å². The first-order chi connectivity index (χ1) is 13.1. The first kappa shape index (κ1) is 17.0. The molecular weight excluding hydrogens is 340 g/mol. The number of benzene rings is 2. The molecule has 2 aliphatic rings. The summed E-state index contributed by atoms with van der Waals surface area (Å²) in [6.07, 6.45) is 5.42. The molecule has 0 saturated heterocycles. The fourth-order valence-electron chi connectivity index (χ4n) is 3.32. The maximum Gasteiger partial charge on any atom is 0.229 e. The van der Waals surface area contributed by atoms with Crippen LogP contribution in [0.25, 0.3) is 0 Å². The molecule has 0 saturated carbocycles. The van der Waals surface area contributed by atoms with Gasteiger partial charge in [-0.25, -0.2) is 0 Å². The van der Waals surface area contributed by atoms with Gasteiger partial charge in [-0.1, -0.05) is 61.5 Å². The molecule has 0 aliphatic heterocycles. The molecule has 4 rings (SSSR count). The van der Waals surface area contributed by atoms with Crippen LogP contribution >= 0.6 is 0 Å². The van der Waals surface area contributed by atoms with Gasteiger partial charge in [-0.05, 0) is 30.2 Å². The molecule has 4 heteroatoms. The summed E-state index contributed by atoms with van der Waals surface area (Å²) in [6.45, 7) is 1.92. The highest BCUT2D eigenvalue weighted by atomic mass is 16.5. The third-order valence-electron chi connectivity index (χ3n) is 4.66.